The number of rotatable bonds is 10. The van der Waals surface area contributed by atoms with Crippen molar-refractivity contribution in [1.29, 1.82) is 0 Å². The van der Waals surface area contributed by atoms with E-state index in [9.17, 15) is 49.5 Å². The van der Waals surface area contributed by atoms with Crippen molar-refractivity contribution in [3.05, 3.63) is 179 Å². The Balaban J connectivity index is 0. The smallest absolute Gasteiger partial charge is 0.547 e. The molecule has 5 aromatic rings. The third-order valence-electron chi connectivity index (χ3n) is 6.69. The van der Waals surface area contributed by atoms with Crippen LogP contribution in [-0.4, -0.2) is 55.4 Å². The van der Waals surface area contributed by atoms with Crippen molar-refractivity contribution < 1.29 is 131 Å². The van der Waals surface area contributed by atoms with E-state index in [-0.39, 0.29) is 55.8 Å². The van der Waals surface area contributed by atoms with Gasteiger partial charge in [-0.05, 0) is 27.8 Å². The second-order valence-electron chi connectivity index (χ2n) is 10.7. The molecule has 0 radical (unpaired) electrons. The number of carbonyl (C=O) groups is 5. The predicted octanol–water partition coefficient (Wildman–Crippen LogP) is -5.65. The molecule has 0 aliphatic carbocycles. The number of aliphatic carboxylic acids is 5. The monoisotopic (exact) mass is 868 g/mol. The molecular formula is C40H35NaO15Zr. The number of carboxylic acid groups (broad SMARTS) is 5. The summed E-state index contributed by atoms with van der Waals surface area (Å²) in [7, 11) is 0. The molecule has 5 atom stereocenters. The molecule has 0 saturated carbocycles. The van der Waals surface area contributed by atoms with E-state index in [0.29, 0.717) is 27.8 Å². The second-order valence-corrected chi connectivity index (χ2v) is 10.7. The van der Waals surface area contributed by atoms with Crippen LogP contribution in [0.25, 0.3) is 0 Å². The summed E-state index contributed by atoms with van der Waals surface area (Å²) in [4.78, 5) is 50.7. The van der Waals surface area contributed by atoms with E-state index in [1.807, 2.05) is 0 Å². The standard InChI is InChI=1S/5C8H8O3.Na.Zr/c5*9-7(8(10)11)6-4-2-1-3-5-6;;/h5*1-5,7,9H,(H,10,11);;/q;;;;;+1;+4/p-5. The van der Waals surface area contributed by atoms with Crippen molar-refractivity contribution in [3.8, 4) is 0 Å². The molecule has 0 aliphatic heterocycles. The molecule has 290 valence electrons. The van der Waals surface area contributed by atoms with Gasteiger partial charge >= 0.3 is 55.8 Å². The van der Waals surface area contributed by atoms with Crippen molar-refractivity contribution in [2.45, 2.75) is 30.5 Å². The van der Waals surface area contributed by atoms with Crippen LogP contribution < -0.4 is 55.1 Å². The Kier molecular flexibility index (Phi) is 28.8. The topological polar surface area (TPSA) is 302 Å². The zero-order chi connectivity index (χ0) is 41.3. The maximum Gasteiger partial charge on any atom is 4.00 e. The van der Waals surface area contributed by atoms with Crippen molar-refractivity contribution in [2.75, 3.05) is 0 Å². The molecule has 5 rings (SSSR count). The predicted molar refractivity (Wildman–Crippen MR) is 182 cm³/mol. The Labute approximate surface area is 368 Å². The third-order valence-corrected chi connectivity index (χ3v) is 6.69. The SMILES string of the molecule is O=C([O-])C(O)c1ccccc1.O=C([O-])C(O)c1ccccc1.O=C([O-])C(O)c1ccccc1.O=C([O-])C(O)c1ccccc1.O=C([O-])C(O)c1ccccc1.[Na+].[Zr+4]. The molecule has 5 N–H and O–H groups in total. The maximum absolute atomic E-state index is 10.1. The molecule has 0 fully saturated rings. The van der Waals surface area contributed by atoms with E-state index in [1.165, 1.54) is 60.7 Å². The Morgan fingerprint density at radius 3 is 0.491 bits per heavy atom. The van der Waals surface area contributed by atoms with Gasteiger partial charge in [0.1, 0.15) is 30.5 Å². The van der Waals surface area contributed by atoms with Crippen LogP contribution in [0.15, 0.2) is 152 Å². The first-order valence-electron chi connectivity index (χ1n) is 15.8. The molecule has 0 aliphatic rings. The van der Waals surface area contributed by atoms with Gasteiger partial charge in [0.05, 0.1) is 29.8 Å². The fraction of sp³-hybridized carbons (Fsp3) is 0.125. The average molecular weight is 870 g/mol. The zero-order valence-electron chi connectivity index (χ0n) is 30.1. The first-order chi connectivity index (χ1) is 26.1. The molecule has 5 unspecified atom stereocenters. The Morgan fingerprint density at radius 1 is 0.298 bits per heavy atom. The molecule has 17 heteroatoms. The summed E-state index contributed by atoms with van der Waals surface area (Å²) in [5.41, 5.74) is 1.70. The number of hydrogen-bond donors (Lipinski definition) is 5. The van der Waals surface area contributed by atoms with E-state index in [1.54, 1.807) is 91.0 Å². The molecule has 0 saturated heterocycles. The van der Waals surface area contributed by atoms with Crippen molar-refractivity contribution >= 4 is 29.8 Å². The van der Waals surface area contributed by atoms with Crippen LogP contribution in [-0.2, 0) is 50.2 Å². The van der Waals surface area contributed by atoms with Gasteiger partial charge in [0, 0.05) is 0 Å². The van der Waals surface area contributed by atoms with E-state index >= 15 is 0 Å². The summed E-state index contributed by atoms with van der Waals surface area (Å²) in [6.45, 7) is 0. The molecule has 0 aromatic heterocycles. The number of carboxylic acids is 5. The number of benzene rings is 5. The summed E-state index contributed by atoms with van der Waals surface area (Å²) in [5, 5.41) is 95.4. The Hall–Kier alpha value is -4.87. The molecule has 15 nitrogen and oxygen atoms in total. The summed E-state index contributed by atoms with van der Waals surface area (Å²) in [6, 6.07) is 40.5. The van der Waals surface area contributed by atoms with Crippen LogP contribution in [0, 0.1) is 0 Å². The van der Waals surface area contributed by atoms with Gasteiger partial charge in [-0.15, -0.1) is 0 Å². The van der Waals surface area contributed by atoms with Crippen LogP contribution in [0.2, 0.25) is 0 Å². The van der Waals surface area contributed by atoms with Crippen molar-refractivity contribution in [3.63, 3.8) is 0 Å². The Bertz CT molecular complexity index is 1550. The van der Waals surface area contributed by atoms with Gasteiger partial charge in [0.2, 0.25) is 0 Å². The molecule has 0 amide bonds. The number of aliphatic hydroxyl groups is 5. The fourth-order valence-corrected chi connectivity index (χ4v) is 3.86. The molecular weight excluding hydrogens is 835 g/mol. The Morgan fingerprint density at radius 2 is 0.404 bits per heavy atom. The largest absolute Gasteiger partial charge is 4.00 e. The minimum absolute atomic E-state index is 0. The summed E-state index contributed by atoms with van der Waals surface area (Å²) < 4.78 is 0. The second kappa shape index (κ2) is 30.3. The van der Waals surface area contributed by atoms with Gasteiger partial charge in [0.25, 0.3) is 0 Å². The quantitative estimate of drug-likeness (QED) is 0.0818. The van der Waals surface area contributed by atoms with Crippen molar-refractivity contribution in [2.24, 2.45) is 0 Å². The zero-order valence-corrected chi connectivity index (χ0v) is 34.6. The summed E-state index contributed by atoms with van der Waals surface area (Å²) >= 11 is 0. The van der Waals surface area contributed by atoms with Crippen LogP contribution in [0.3, 0.4) is 0 Å². The van der Waals surface area contributed by atoms with Crippen LogP contribution >= 0.6 is 0 Å². The minimum Gasteiger partial charge on any atom is -0.547 e. The van der Waals surface area contributed by atoms with Crippen molar-refractivity contribution in [1.82, 2.24) is 0 Å². The fourth-order valence-electron chi connectivity index (χ4n) is 3.86. The summed E-state index contributed by atoms with van der Waals surface area (Å²) in [5.74, 6) is -7.38. The number of carbonyl (C=O) groups excluding carboxylic acids is 5. The van der Waals surface area contributed by atoms with E-state index in [0.717, 1.165) is 0 Å². The molecule has 5 aromatic carbocycles. The molecule has 57 heavy (non-hydrogen) atoms. The van der Waals surface area contributed by atoms with E-state index in [4.69, 9.17) is 25.5 Å². The van der Waals surface area contributed by atoms with E-state index in [2.05, 4.69) is 0 Å². The first kappa shape index (κ1) is 54.2. The first-order valence-corrected chi connectivity index (χ1v) is 15.8. The van der Waals surface area contributed by atoms with Gasteiger partial charge in [-0.25, -0.2) is 0 Å². The average Bonchev–Trinajstić information content (AvgIpc) is 3.21. The minimum atomic E-state index is -1.52. The van der Waals surface area contributed by atoms with Gasteiger partial charge in [0.15, 0.2) is 0 Å². The number of aliphatic hydroxyl groups excluding tert-OH is 5. The number of hydrogen-bond acceptors (Lipinski definition) is 15. The molecule has 0 bridgehead atoms. The molecule has 0 heterocycles. The molecule has 0 spiro atoms. The van der Waals surface area contributed by atoms with Gasteiger partial charge in [-0.3, -0.25) is 0 Å². The summed E-state index contributed by atoms with van der Waals surface area (Å²) in [6.07, 6.45) is -7.59. The van der Waals surface area contributed by atoms with Crippen LogP contribution in [0.4, 0.5) is 0 Å². The third kappa shape index (κ3) is 21.9. The van der Waals surface area contributed by atoms with Gasteiger partial charge in [-0.2, -0.15) is 0 Å². The van der Waals surface area contributed by atoms with Gasteiger partial charge < -0.3 is 75.0 Å². The normalized spacial score (nSPS) is 12.0. The van der Waals surface area contributed by atoms with Gasteiger partial charge in [-0.1, -0.05) is 152 Å². The van der Waals surface area contributed by atoms with E-state index < -0.39 is 60.4 Å². The maximum atomic E-state index is 10.1. The van der Waals surface area contributed by atoms with Crippen LogP contribution in [0.5, 0.6) is 0 Å². The van der Waals surface area contributed by atoms with Crippen LogP contribution in [0.1, 0.15) is 58.3 Å².